The summed E-state index contributed by atoms with van der Waals surface area (Å²) in [5.41, 5.74) is 2.07. The Hall–Kier alpha value is -3.32. The first-order chi connectivity index (χ1) is 14.2. The van der Waals surface area contributed by atoms with Crippen LogP contribution in [0.3, 0.4) is 0 Å². The van der Waals surface area contributed by atoms with Gasteiger partial charge in [0, 0.05) is 30.0 Å². The van der Waals surface area contributed by atoms with Gasteiger partial charge >= 0.3 is 5.63 Å². The Morgan fingerprint density at radius 1 is 1.07 bits per heavy atom. The fourth-order valence-corrected chi connectivity index (χ4v) is 3.45. The van der Waals surface area contributed by atoms with E-state index in [-0.39, 0.29) is 36.8 Å². The van der Waals surface area contributed by atoms with E-state index in [1.165, 1.54) is 17.0 Å². The van der Waals surface area contributed by atoms with Crippen LogP contribution in [-0.4, -0.2) is 39.7 Å². The molecule has 2 aromatic carbocycles. The van der Waals surface area contributed by atoms with Crippen LogP contribution >= 0.6 is 0 Å². The van der Waals surface area contributed by atoms with Crippen LogP contribution in [0.15, 0.2) is 45.6 Å². The lowest BCUT2D eigenvalue weighted by molar-refractivity contribution is -0.131. The summed E-state index contributed by atoms with van der Waals surface area (Å²) in [6.07, 6.45) is -0.585. The number of likely N-dealkylation sites (N-methyl/N-ethyl adjacent to an activating group) is 1. The topological polar surface area (TPSA) is 111 Å². The minimum Gasteiger partial charge on any atom is -0.508 e. The van der Waals surface area contributed by atoms with E-state index >= 15 is 0 Å². The molecular formula is C23H25NO6. The molecule has 158 valence electrons. The quantitative estimate of drug-likeness (QED) is 0.538. The van der Waals surface area contributed by atoms with Gasteiger partial charge in [0.15, 0.2) is 0 Å². The van der Waals surface area contributed by atoms with Crippen LogP contribution in [-0.2, 0) is 11.2 Å². The summed E-state index contributed by atoms with van der Waals surface area (Å²) in [6.45, 7) is 3.57. The Kier molecular flexibility index (Phi) is 6.12. The lowest BCUT2D eigenvalue weighted by Crippen LogP contribution is -2.31. The first-order valence-electron chi connectivity index (χ1n) is 9.65. The molecule has 3 aromatic rings. The molecule has 1 amide bonds. The Balaban J connectivity index is 1.71. The highest BCUT2D eigenvalue weighted by molar-refractivity contribution is 5.85. The van der Waals surface area contributed by atoms with Crippen LogP contribution in [0.2, 0.25) is 0 Å². The van der Waals surface area contributed by atoms with Crippen molar-refractivity contribution in [3.63, 3.8) is 0 Å². The number of aryl methyl sites for hydroxylation is 2. The van der Waals surface area contributed by atoms with Crippen molar-refractivity contribution in [1.29, 1.82) is 0 Å². The van der Waals surface area contributed by atoms with Gasteiger partial charge in [-0.25, -0.2) is 4.79 Å². The van der Waals surface area contributed by atoms with Gasteiger partial charge in [-0.05, 0) is 55.7 Å². The molecule has 0 aliphatic carbocycles. The lowest BCUT2D eigenvalue weighted by Gasteiger charge is -2.21. The zero-order chi connectivity index (χ0) is 22.0. The van der Waals surface area contributed by atoms with Crippen LogP contribution in [0, 0.1) is 13.8 Å². The number of nitrogens with zero attached hydrogens (tertiary/aromatic N) is 1. The Morgan fingerprint density at radius 2 is 1.73 bits per heavy atom. The van der Waals surface area contributed by atoms with Crippen molar-refractivity contribution < 1.29 is 24.5 Å². The fraction of sp³-hybridized carbons (Fsp3) is 0.304. The van der Waals surface area contributed by atoms with Gasteiger partial charge in [0.1, 0.15) is 17.1 Å². The standard InChI is InChI=1S/C23H25NO6/c1-13-17-8-10-19(26)14(2)22(17)30-23(29)18(13)9-11-21(28)24(3)12-20(27)15-4-6-16(25)7-5-15/h4-8,10,20,25-27H,9,11-12H2,1-3H3/t20-/m1/s1. The molecule has 0 radical (unpaired) electrons. The monoisotopic (exact) mass is 411 g/mol. The van der Waals surface area contributed by atoms with Gasteiger partial charge in [0.2, 0.25) is 5.91 Å². The highest BCUT2D eigenvalue weighted by Crippen LogP contribution is 2.28. The molecule has 0 saturated heterocycles. The summed E-state index contributed by atoms with van der Waals surface area (Å²) in [5.74, 6) is -0.0548. The van der Waals surface area contributed by atoms with Crippen LogP contribution in [0.5, 0.6) is 11.5 Å². The summed E-state index contributed by atoms with van der Waals surface area (Å²) in [7, 11) is 1.59. The Bertz CT molecular complexity index is 1130. The number of aliphatic hydroxyl groups excluding tert-OH is 1. The predicted molar refractivity (Wildman–Crippen MR) is 113 cm³/mol. The van der Waals surface area contributed by atoms with Gasteiger partial charge in [0.05, 0.1) is 12.6 Å². The van der Waals surface area contributed by atoms with Crippen LogP contribution < -0.4 is 5.63 Å². The second-order valence-corrected chi connectivity index (χ2v) is 7.46. The van der Waals surface area contributed by atoms with Crippen molar-refractivity contribution in [2.75, 3.05) is 13.6 Å². The summed E-state index contributed by atoms with van der Waals surface area (Å²) in [6, 6.07) is 9.40. The molecule has 1 heterocycles. The number of carbonyl (C=O) groups is 1. The zero-order valence-electron chi connectivity index (χ0n) is 17.2. The number of phenolic OH excluding ortho intramolecular Hbond substituents is 2. The molecule has 0 saturated carbocycles. The van der Waals surface area contributed by atoms with E-state index in [1.807, 2.05) is 0 Å². The molecule has 7 heteroatoms. The first kappa shape index (κ1) is 21.4. The lowest BCUT2D eigenvalue weighted by atomic mass is 10.00. The SMILES string of the molecule is Cc1c(CCC(=O)N(C)C[C@@H](O)c2ccc(O)cc2)c(=O)oc2c(C)c(O)ccc12. The largest absolute Gasteiger partial charge is 0.508 e. The van der Waals surface area contributed by atoms with E-state index in [0.717, 1.165) is 10.9 Å². The minimum atomic E-state index is -0.886. The second kappa shape index (κ2) is 8.59. The van der Waals surface area contributed by atoms with Crippen LogP contribution in [0.1, 0.15) is 34.8 Å². The zero-order valence-corrected chi connectivity index (χ0v) is 17.2. The average molecular weight is 411 g/mol. The molecular weight excluding hydrogens is 386 g/mol. The molecule has 0 bridgehead atoms. The molecule has 30 heavy (non-hydrogen) atoms. The Labute approximate surface area is 173 Å². The number of hydrogen-bond acceptors (Lipinski definition) is 6. The summed E-state index contributed by atoms with van der Waals surface area (Å²) < 4.78 is 5.41. The van der Waals surface area contributed by atoms with Gasteiger partial charge < -0.3 is 24.6 Å². The van der Waals surface area contributed by atoms with Gasteiger partial charge in [-0.3, -0.25) is 4.79 Å². The first-order valence-corrected chi connectivity index (χ1v) is 9.65. The minimum absolute atomic E-state index is 0.0572. The normalized spacial score (nSPS) is 12.1. The van der Waals surface area contributed by atoms with Crippen molar-refractivity contribution >= 4 is 16.9 Å². The molecule has 3 N–H and O–H groups in total. The van der Waals surface area contributed by atoms with Crippen molar-refractivity contribution in [2.45, 2.75) is 32.8 Å². The number of benzene rings is 2. The van der Waals surface area contributed by atoms with Crippen molar-refractivity contribution in [2.24, 2.45) is 0 Å². The number of rotatable bonds is 6. The molecule has 3 rings (SSSR count). The molecule has 0 aliphatic heterocycles. The molecule has 0 aliphatic rings. The maximum absolute atomic E-state index is 12.5. The van der Waals surface area contributed by atoms with E-state index in [9.17, 15) is 24.9 Å². The number of fused-ring (bicyclic) bond motifs is 1. The van der Waals surface area contributed by atoms with Gasteiger partial charge in [0.25, 0.3) is 0 Å². The van der Waals surface area contributed by atoms with E-state index < -0.39 is 11.7 Å². The molecule has 1 atom stereocenters. The molecule has 1 aromatic heterocycles. The number of phenols is 2. The summed E-state index contributed by atoms with van der Waals surface area (Å²) >= 11 is 0. The number of aliphatic hydroxyl groups is 1. The smallest absolute Gasteiger partial charge is 0.339 e. The summed E-state index contributed by atoms with van der Waals surface area (Å²) in [5, 5.41) is 30.2. The van der Waals surface area contributed by atoms with E-state index in [0.29, 0.717) is 22.3 Å². The number of carbonyl (C=O) groups excluding carboxylic acids is 1. The van der Waals surface area contributed by atoms with Crippen LogP contribution in [0.4, 0.5) is 0 Å². The third-order valence-corrected chi connectivity index (χ3v) is 5.41. The van der Waals surface area contributed by atoms with Crippen molar-refractivity contribution in [3.8, 4) is 11.5 Å². The molecule has 0 unspecified atom stereocenters. The van der Waals surface area contributed by atoms with Gasteiger partial charge in [-0.15, -0.1) is 0 Å². The van der Waals surface area contributed by atoms with Gasteiger partial charge in [-0.2, -0.15) is 0 Å². The molecule has 0 fully saturated rings. The molecule has 0 spiro atoms. The number of amides is 1. The number of aromatic hydroxyl groups is 2. The number of hydrogen-bond donors (Lipinski definition) is 3. The molecule has 7 nitrogen and oxygen atoms in total. The maximum Gasteiger partial charge on any atom is 0.339 e. The average Bonchev–Trinajstić information content (AvgIpc) is 2.71. The third-order valence-electron chi connectivity index (χ3n) is 5.41. The summed E-state index contributed by atoms with van der Waals surface area (Å²) in [4.78, 5) is 26.4. The fourth-order valence-electron chi connectivity index (χ4n) is 3.45. The highest BCUT2D eigenvalue weighted by atomic mass is 16.4. The third kappa shape index (κ3) is 4.31. The van der Waals surface area contributed by atoms with Crippen molar-refractivity contribution in [1.82, 2.24) is 4.90 Å². The second-order valence-electron chi connectivity index (χ2n) is 7.46. The van der Waals surface area contributed by atoms with E-state index in [1.54, 1.807) is 45.2 Å². The van der Waals surface area contributed by atoms with Crippen LogP contribution in [0.25, 0.3) is 11.0 Å². The maximum atomic E-state index is 12.5. The van der Waals surface area contributed by atoms with Crippen molar-refractivity contribution in [3.05, 3.63) is 69.1 Å². The Morgan fingerprint density at radius 3 is 2.40 bits per heavy atom. The predicted octanol–water partition coefficient (Wildman–Crippen LogP) is 2.95. The van der Waals surface area contributed by atoms with Gasteiger partial charge in [-0.1, -0.05) is 12.1 Å². The van der Waals surface area contributed by atoms with E-state index in [2.05, 4.69) is 0 Å². The van der Waals surface area contributed by atoms with E-state index in [4.69, 9.17) is 4.42 Å². The highest BCUT2D eigenvalue weighted by Gasteiger charge is 2.18.